The zero-order valence-electron chi connectivity index (χ0n) is 8.68. The van der Waals surface area contributed by atoms with Crippen molar-refractivity contribution in [2.45, 2.75) is 6.54 Å². The number of sulfonamides is 1. The summed E-state index contributed by atoms with van der Waals surface area (Å²) in [5, 5.41) is 8.82. The van der Waals surface area contributed by atoms with Crippen LogP contribution in [0.15, 0.2) is 18.2 Å². The predicted octanol–water partition coefficient (Wildman–Crippen LogP) is 0.426. The molecule has 0 aliphatic rings. The predicted molar refractivity (Wildman–Crippen MR) is 64.1 cm³/mol. The van der Waals surface area contributed by atoms with Crippen molar-refractivity contribution in [1.29, 1.82) is 0 Å². The molecule has 4 N–H and O–H groups in total. The summed E-state index contributed by atoms with van der Waals surface area (Å²) in [7, 11) is -3.84. The minimum atomic E-state index is -3.84. The molecular weight excluding hydrogens is 268 g/mol. The minimum absolute atomic E-state index is 0.0708. The van der Waals surface area contributed by atoms with Crippen LogP contribution < -0.4 is 10.5 Å². The number of aliphatic carboxylic acids is 1. The van der Waals surface area contributed by atoms with Crippen LogP contribution in [0.2, 0.25) is 5.02 Å². The summed E-state index contributed by atoms with van der Waals surface area (Å²) in [5.74, 6) is -2.39. The maximum absolute atomic E-state index is 11.2. The molecule has 0 saturated heterocycles. The highest BCUT2D eigenvalue weighted by molar-refractivity contribution is 7.90. The number of nitrogen functional groups attached to an aromatic ring is 1. The summed E-state index contributed by atoms with van der Waals surface area (Å²) < 4.78 is 24.6. The van der Waals surface area contributed by atoms with Crippen molar-refractivity contribution >= 4 is 33.3 Å². The van der Waals surface area contributed by atoms with Gasteiger partial charge >= 0.3 is 5.97 Å². The van der Waals surface area contributed by atoms with Gasteiger partial charge in [0.15, 0.2) is 5.75 Å². The van der Waals surface area contributed by atoms with Gasteiger partial charge in [0.25, 0.3) is 0 Å². The quantitative estimate of drug-likeness (QED) is 0.677. The van der Waals surface area contributed by atoms with Crippen molar-refractivity contribution in [2.75, 3.05) is 11.5 Å². The van der Waals surface area contributed by atoms with Crippen LogP contribution in [0.25, 0.3) is 0 Å². The number of halogens is 1. The monoisotopic (exact) mass is 278 g/mol. The van der Waals surface area contributed by atoms with Crippen molar-refractivity contribution in [3.63, 3.8) is 0 Å². The lowest BCUT2D eigenvalue weighted by Crippen LogP contribution is -2.29. The third-order valence-electron chi connectivity index (χ3n) is 1.90. The van der Waals surface area contributed by atoms with Crippen LogP contribution in [-0.4, -0.2) is 25.2 Å². The molecule has 1 rings (SSSR count). The van der Waals surface area contributed by atoms with Gasteiger partial charge in [0.05, 0.1) is 0 Å². The lowest BCUT2D eigenvalue weighted by molar-refractivity contribution is -0.134. The summed E-state index contributed by atoms with van der Waals surface area (Å²) in [6.07, 6.45) is 0. The van der Waals surface area contributed by atoms with E-state index in [2.05, 4.69) is 4.72 Å². The molecule has 0 radical (unpaired) electrons. The van der Waals surface area contributed by atoms with E-state index in [9.17, 15) is 13.2 Å². The molecule has 8 heteroatoms. The third-order valence-corrected chi connectivity index (χ3v) is 3.35. The molecule has 0 aliphatic heterocycles. The summed E-state index contributed by atoms with van der Waals surface area (Å²) >= 11 is 5.68. The van der Waals surface area contributed by atoms with E-state index in [1.54, 1.807) is 12.1 Å². The van der Waals surface area contributed by atoms with E-state index in [0.29, 0.717) is 16.3 Å². The molecule has 0 aromatic heterocycles. The van der Waals surface area contributed by atoms with E-state index in [1.807, 2.05) is 0 Å². The Morgan fingerprint density at radius 1 is 1.47 bits per heavy atom. The number of hydrogen-bond acceptors (Lipinski definition) is 4. The first-order chi connectivity index (χ1) is 7.80. The van der Waals surface area contributed by atoms with Crippen LogP contribution in [-0.2, 0) is 21.4 Å². The lowest BCUT2D eigenvalue weighted by atomic mass is 10.2. The molecule has 0 aliphatic carbocycles. The number of nitrogens with one attached hydrogen (secondary N) is 1. The second kappa shape index (κ2) is 5.35. The molecule has 0 amide bonds. The Balaban J connectivity index is 2.71. The molecule has 1 aromatic rings. The van der Waals surface area contributed by atoms with Crippen LogP contribution in [0, 0.1) is 0 Å². The normalized spacial score (nSPS) is 11.4. The van der Waals surface area contributed by atoms with Gasteiger partial charge in [-0.15, -0.1) is 0 Å². The maximum Gasteiger partial charge on any atom is 0.320 e. The molecule has 1 aromatic carbocycles. The highest BCUT2D eigenvalue weighted by atomic mass is 35.5. The fourth-order valence-electron chi connectivity index (χ4n) is 1.13. The van der Waals surface area contributed by atoms with E-state index < -0.39 is 21.7 Å². The average Bonchev–Trinajstić information content (AvgIpc) is 2.14. The molecule has 0 atom stereocenters. The van der Waals surface area contributed by atoms with Gasteiger partial charge in [-0.25, -0.2) is 13.1 Å². The number of nitrogens with two attached hydrogens (primary N) is 1. The Kier molecular flexibility index (Phi) is 4.33. The van der Waals surface area contributed by atoms with Crippen LogP contribution >= 0.6 is 11.6 Å². The average molecular weight is 279 g/mol. The molecule has 0 fully saturated rings. The number of hydrogen-bond donors (Lipinski definition) is 3. The Labute approximate surface area is 103 Å². The second-order valence-electron chi connectivity index (χ2n) is 3.32. The highest BCUT2D eigenvalue weighted by Crippen LogP contribution is 2.17. The van der Waals surface area contributed by atoms with E-state index >= 15 is 0 Å². The Hall–Kier alpha value is -1.31. The first kappa shape index (κ1) is 13.8. The highest BCUT2D eigenvalue weighted by Gasteiger charge is 2.15. The topological polar surface area (TPSA) is 109 Å². The van der Waals surface area contributed by atoms with E-state index in [1.165, 1.54) is 6.07 Å². The van der Waals surface area contributed by atoms with Gasteiger partial charge in [-0.1, -0.05) is 17.7 Å². The first-order valence-corrected chi connectivity index (χ1v) is 6.56. The Bertz CT molecular complexity index is 530. The Morgan fingerprint density at radius 2 is 2.12 bits per heavy atom. The summed E-state index contributed by atoms with van der Waals surface area (Å²) in [6.45, 7) is -0.0708. The second-order valence-corrected chi connectivity index (χ2v) is 5.56. The molecule has 0 unspecified atom stereocenters. The van der Waals surface area contributed by atoms with Gasteiger partial charge in [-0.3, -0.25) is 4.79 Å². The zero-order valence-corrected chi connectivity index (χ0v) is 10.3. The zero-order chi connectivity index (χ0) is 13.1. The summed E-state index contributed by atoms with van der Waals surface area (Å²) in [5.41, 5.74) is 6.49. The van der Waals surface area contributed by atoms with Crippen LogP contribution in [0.5, 0.6) is 0 Å². The number of benzene rings is 1. The molecule has 0 spiro atoms. The molecule has 6 nitrogen and oxygen atoms in total. The van der Waals surface area contributed by atoms with Crippen molar-refractivity contribution in [3.8, 4) is 0 Å². The first-order valence-electron chi connectivity index (χ1n) is 4.53. The van der Waals surface area contributed by atoms with Crippen molar-refractivity contribution in [1.82, 2.24) is 4.72 Å². The minimum Gasteiger partial charge on any atom is -0.480 e. The smallest absolute Gasteiger partial charge is 0.320 e. The standard InChI is InChI=1S/C9H11ClN2O4S/c10-7-2-1-6(8(11)3-7)4-12-17(15,16)5-9(13)14/h1-3,12H,4-5,11H2,(H,13,14). The SMILES string of the molecule is Nc1cc(Cl)ccc1CNS(=O)(=O)CC(=O)O. The Morgan fingerprint density at radius 3 is 2.65 bits per heavy atom. The molecule has 0 bridgehead atoms. The summed E-state index contributed by atoms with van der Waals surface area (Å²) in [6, 6.07) is 4.63. The number of carbonyl (C=O) groups is 1. The van der Waals surface area contributed by atoms with E-state index in [0.717, 1.165) is 0 Å². The largest absolute Gasteiger partial charge is 0.480 e. The number of anilines is 1. The molecule has 17 heavy (non-hydrogen) atoms. The fraction of sp³-hybridized carbons (Fsp3) is 0.222. The van der Waals surface area contributed by atoms with Crippen LogP contribution in [0.1, 0.15) is 5.56 Å². The molecular formula is C9H11ClN2O4S. The lowest BCUT2D eigenvalue weighted by Gasteiger charge is -2.07. The third kappa shape index (κ3) is 4.59. The van der Waals surface area contributed by atoms with E-state index in [-0.39, 0.29) is 6.54 Å². The van der Waals surface area contributed by atoms with Crippen molar-refractivity contribution < 1.29 is 18.3 Å². The van der Waals surface area contributed by atoms with Crippen LogP contribution in [0.4, 0.5) is 5.69 Å². The van der Waals surface area contributed by atoms with Gasteiger partial charge in [0, 0.05) is 17.3 Å². The number of rotatable bonds is 5. The van der Waals surface area contributed by atoms with Crippen LogP contribution in [0.3, 0.4) is 0 Å². The molecule has 0 saturated carbocycles. The number of carboxylic acid groups (broad SMARTS) is 1. The van der Waals surface area contributed by atoms with Gasteiger partial charge in [-0.2, -0.15) is 0 Å². The maximum atomic E-state index is 11.2. The fourth-order valence-corrected chi connectivity index (χ4v) is 2.11. The van der Waals surface area contributed by atoms with Crippen molar-refractivity contribution in [2.24, 2.45) is 0 Å². The van der Waals surface area contributed by atoms with Gasteiger partial charge in [0.1, 0.15) is 0 Å². The van der Waals surface area contributed by atoms with E-state index in [4.69, 9.17) is 22.4 Å². The van der Waals surface area contributed by atoms with Gasteiger partial charge in [-0.05, 0) is 17.7 Å². The van der Waals surface area contributed by atoms with Gasteiger partial charge in [0.2, 0.25) is 10.0 Å². The number of carboxylic acids is 1. The van der Waals surface area contributed by atoms with Gasteiger partial charge < -0.3 is 10.8 Å². The molecule has 0 heterocycles. The summed E-state index contributed by atoms with van der Waals surface area (Å²) in [4.78, 5) is 10.3. The molecule has 94 valence electrons. The van der Waals surface area contributed by atoms with Crippen molar-refractivity contribution in [3.05, 3.63) is 28.8 Å².